The number of aliphatic hydroxyl groups excluding tert-OH is 1. The molecule has 1 heterocycles. The van der Waals surface area contributed by atoms with Crippen LogP contribution in [0.3, 0.4) is 0 Å². The molecule has 0 aromatic heterocycles. The third kappa shape index (κ3) is 1.82. The number of carbonyl (C=O) groups excluding carboxylic acids is 2. The summed E-state index contributed by atoms with van der Waals surface area (Å²) in [6.45, 7) is 5.41. The zero-order valence-electron chi connectivity index (χ0n) is 11.7. The Morgan fingerprint density at radius 1 is 1.40 bits per heavy atom. The molecule has 2 fully saturated rings. The van der Waals surface area contributed by atoms with Crippen molar-refractivity contribution in [2.45, 2.75) is 44.9 Å². The lowest BCUT2D eigenvalue weighted by Crippen LogP contribution is -2.32. The van der Waals surface area contributed by atoms with Gasteiger partial charge in [0, 0.05) is 11.5 Å². The molecule has 6 heteroatoms. The quantitative estimate of drug-likeness (QED) is 0.728. The Kier molecular flexibility index (Phi) is 3.00. The van der Waals surface area contributed by atoms with Gasteiger partial charge in [0.15, 0.2) is 11.6 Å². The van der Waals surface area contributed by atoms with Crippen LogP contribution >= 0.6 is 0 Å². The van der Waals surface area contributed by atoms with Crippen LogP contribution in [0, 0.1) is 11.8 Å². The summed E-state index contributed by atoms with van der Waals surface area (Å²) in [4.78, 5) is 24.3. The number of Topliss-reactive ketones (excluding diaryl/α,β-unsaturated/α-hetero) is 1. The number of esters is 1. The van der Waals surface area contributed by atoms with Gasteiger partial charge in [0.05, 0.1) is 18.6 Å². The molecule has 20 heavy (non-hydrogen) atoms. The Labute approximate surface area is 116 Å². The Morgan fingerprint density at radius 2 is 2.10 bits per heavy atom. The second-order valence-electron chi connectivity index (χ2n) is 5.81. The molecule has 0 aromatic rings. The van der Waals surface area contributed by atoms with Crippen molar-refractivity contribution in [3.8, 4) is 0 Å². The summed E-state index contributed by atoms with van der Waals surface area (Å²) in [7, 11) is 0. The highest BCUT2D eigenvalue weighted by atomic mass is 16.8. The molecular formula is C14H18O6. The number of aliphatic hydroxyl groups is 1. The number of hydrogen-bond donors (Lipinski definition) is 1. The van der Waals surface area contributed by atoms with E-state index in [-0.39, 0.29) is 12.4 Å². The molecule has 0 bridgehead atoms. The molecule has 3 rings (SSSR count). The highest BCUT2D eigenvalue weighted by Gasteiger charge is 2.63. The minimum Gasteiger partial charge on any atom is -0.463 e. The van der Waals surface area contributed by atoms with Crippen molar-refractivity contribution >= 4 is 11.8 Å². The van der Waals surface area contributed by atoms with E-state index < -0.39 is 41.9 Å². The zero-order valence-corrected chi connectivity index (χ0v) is 11.7. The summed E-state index contributed by atoms with van der Waals surface area (Å²) in [5.41, 5.74) is 0.325. The number of fused-ring (bicyclic) bond motifs is 3. The average Bonchev–Trinajstić information content (AvgIpc) is 2.92. The Hall–Kier alpha value is -1.24. The molecule has 110 valence electrons. The SMILES string of the molecule is CCOC(=O)C1=C[C@@H](O)[C@@H]2C(=O)[C@H]3OC(C)(C)O[C@H]3[C@H]12. The van der Waals surface area contributed by atoms with E-state index in [4.69, 9.17) is 14.2 Å². The molecule has 6 nitrogen and oxygen atoms in total. The number of rotatable bonds is 2. The highest BCUT2D eigenvalue weighted by molar-refractivity contribution is 5.98. The first-order chi connectivity index (χ1) is 9.35. The van der Waals surface area contributed by atoms with Crippen LogP contribution in [0.25, 0.3) is 0 Å². The molecule has 0 radical (unpaired) electrons. The van der Waals surface area contributed by atoms with Gasteiger partial charge in [-0.2, -0.15) is 0 Å². The van der Waals surface area contributed by atoms with Crippen LogP contribution in [0.15, 0.2) is 11.6 Å². The summed E-state index contributed by atoms with van der Waals surface area (Å²) < 4.78 is 16.3. The zero-order chi connectivity index (χ0) is 14.7. The summed E-state index contributed by atoms with van der Waals surface area (Å²) in [6.07, 6.45) is -0.813. The minimum atomic E-state index is -0.979. The van der Waals surface area contributed by atoms with Gasteiger partial charge in [-0.3, -0.25) is 4.79 Å². The topological polar surface area (TPSA) is 82.1 Å². The third-order valence-electron chi connectivity index (χ3n) is 4.07. The van der Waals surface area contributed by atoms with Gasteiger partial charge in [-0.15, -0.1) is 0 Å². The van der Waals surface area contributed by atoms with Crippen molar-refractivity contribution in [1.82, 2.24) is 0 Å². The Morgan fingerprint density at radius 3 is 2.75 bits per heavy atom. The molecule has 1 saturated carbocycles. The van der Waals surface area contributed by atoms with Crippen molar-refractivity contribution < 1.29 is 28.9 Å². The fraction of sp³-hybridized carbons (Fsp3) is 0.714. The summed E-state index contributed by atoms with van der Waals surface area (Å²) in [6, 6.07) is 0. The van der Waals surface area contributed by atoms with E-state index in [0.29, 0.717) is 5.57 Å². The number of hydrogen-bond acceptors (Lipinski definition) is 6. The largest absolute Gasteiger partial charge is 0.463 e. The van der Waals surface area contributed by atoms with E-state index in [0.717, 1.165) is 0 Å². The minimum absolute atomic E-state index is 0.200. The van der Waals surface area contributed by atoms with Crippen LogP contribution in [-0.4, -0.2) is 47.6 Å². The summed E-state index contributed by atoms with van der Waals surface area (Å²) in [5.74, 6) is -2.71. The van der Waals surface area contributed by atoms with Gasteiger partial charge in [0.2, 0.25) is 0 Å². The first-order valence-electron chi connectivity index (χ1n) is 6.82. The molecule has 0 amide bonds. The molecule has 1 aliphatic heterocycles. The van der Waals surface area contributed by atoms with Crippen LogP contribution in [0.5, 0.6) is 0 Å². The van der Waals surface area contributed by atoms with Gasteiger partial charge in [-0.1, -0.05) is 0 Å². The standard InChI is InChI=1S/C14H18O6/c1-4-18-13(17)6-5-7(15)9-8(6)11-12(10(9)16)20-14(2,3)19-11/h5,7-9,11-12,15H,4H2,1-3H3/t7-,8-,9+,11+,12-/m1/s1. The maximum Gasteiger partial charge on any atom is 0.334 e. The lowest BCUT2D eigenvalue weighted by Gasteiger charge is -2.23. The monoisotopic (exact) mass is 282 g/mol. The predicted molar refractivity (Wildman–Crippen MR) is 66.5 cm³/mol. The average molecular weight is 282 g/mol. The van der Waals surface area contributed by atoms with Gasteiger partial charge in [0.25, 0.3) is 0 Å². The van der Waals surface area contributed by atoms with Crippen LogP contribution in [0.1, 0.15) is 20.8 Å². The fourth-order valence-electron chi connectivity index (χ4n) is 3.41. The maximum absolute atomic E-state index is 12.3. The van der Waals surface area contributed by atoms with Crippen molar-refractivity contribution in [3.63, 3.8) is 0 Å². The molecule has 3 aliphatic rings. The van der Waals surface area contributed by atoms with Gasteiger partial charge in [0.1, 0.15) is 12.2 Å². The van der Waals surface area contributed by atoms with E-state index in [2.05, 4.69) is 0 Å². The maximum atomic E-state index is 12.3. The molecular weight excluding hydrogens is 264 g/mol. The Balaban J connectivity index is 1.92. The van der Waals surface area contributed by atoms with Crippen molar-refractivity contribution in [1.29, 1.82) is 0 Å². The molecule has 0 aromatic carbocycles. The molecule has 0 spiro atoms. The number of carbonyl (C=O) groups is 2. The first-order valence-corrected chi connectivity index (χ1v) is 6.82. The third-order valence-corrected chi connectivity index (χ3v) is 4.07. The number of ketones is 1. The second kappa shape index (κ2) is 4.38. The predicted octanol–water partition coefficient (Wildman–Crippen LogP) is 0.186. The van der Waals surface area contributed by atoms with E-state index in [9.17, 15) is 14.7 Å². The van der Waals surface area contributed by atoms with E-state index in [1.165, 1.54) is 6.08 Å². The second-order valence-corrected chi connectivity index (χ2v) is 5.81. The lowest BCUT2D eigenvalue weighted by atomic mass is 9.91. The molecule has 0 unspecified atom stereocenters. The molecule has 1 saturated heterocycles. The van der Waals surface area contributed by atoms with E-state index >= 15 is 0 Å². The molecule has 1 N–H and O–H groups in total. The number of ether oxygens (including phenoxy) is 3. The van der Waals surface area contributed by atoms with Crippen LogP contribution in [0.4, 0.5) is 0 Å². The Bertz CT molecular complexity index is 494. The smallest absolute Gasteiger partial charge is 0.334 e. The summed E-state index contributed by atoms with van der Waals surface area (Å²) >= 11 is 0. The van der Waals surface area contributed by atoms with E-state index in [1.54, 1.807) is 20.8 Å². The van der Waals surface area contributed by atoms with Gasteiger partial charge < -0.3 is 19.3 Å². The van der Waals surface area contributed by atoms with Crippen LogP contribution in [0.2, 0.25) is 0 Å². The molecule has 2 aliphatic carbocycles. The first kappa shape index (κ1) is 13.7. The van der Waals surface area contributed by atoms with Crippen molar-refractivity contribution in [2.75, 3.05) is 6.61 Å². The van der Waals surface area contributed by atoms with Crippen molar-refractivity contribution in [3.05, 3.63) is 11.6 Å². The van der Waals surface area contributed by atoms with Gasteiger partial charge in [-0.25, -0.2) is 4.79 Å². The van der Waals surface area contributed by atoms with E-state index in [1.807, 2.05) is 0 Å². The van der Waals surface area contributed by atoms with Gasteiger partial charge in [-0.05, 0) is 26.8 Å². The van der Waals surface area contributed by atoms with Crippen LogP contribution < -0.4 is 0 Å². The normalized spacial score (nSPS) is 41.3. The fourth-order valence-corrected chi connectivity index (χ4v) is 3.41. The van der Waals surface area contributed by atoms with Gasteiger partial charge >= 0.3 is 5.97 Å². The molecule has 5 atom stereocenters. The lowest BCUT2D eigenvalue weighted by molar-refractivity contribution is -0.168. The summed E-state index contributed by atoms with van der Waals surface area (Å²) in [5, 5.41) is 10.0. The van der Waals surface area contributed by atoms with Crippen LogP contribution in [-0.2, 0) is 23.8 Å². The van der Waals surface area contributed by atoms with Crippen molar-refractivity contribution in [2.24, 2.45) is 11.8 Å². The highest BCUT2D eigenvalue weighted by Crippen LogP contribution is 2.50.